The summed E-state index contributed by atoms with van der Waals surface area (Å²) in [4.78, 5) is 67.2. The number of carbonyl (C=O) groups excluding carboxylic acids is 4. The van der Waals surface area contributed by atoms with Crippen LogP contribution < -0.4 is 16.0 Å². The second-order valence-electron chi connectivity index (χ2n) is 12.6. The molecule has 0 radical (unpaired) electrons. The molecule has 1 fully saturated rings. The Morgan fingerprint density at radius 2 is 1.44 bits per heavy atom. The first kappa shape index (κ1) is 33.6. The molecule has 242 valence electrons. The number of hydrogen-bond donors (Lipinski definition) is 4. The van der Waals surface area contributed by atoms with Gasteiger partial charge in [-0.3, -0.25) is 19.3 Å². The van der Waals surface area contributed by atoms with Gasteiger partial charge in [-0.25, -0.2) is 9.59 Å². The van der Waals surface area contributed by atoms with Crippen LogP contribution in [0.25, 0.3) is 11.1 Å². The van der Waals surface area contributed by atoms with Crippen molar-refractivity contribution in [3.05, 3.63) is 59.7 Å². The summed E-state index contributed by atoms with van der Waals surface area (Å²) in [6, 6.07) is 12.5. The molecule has 11 nitrogen and oxygen atoms in total. The molecular formula is C34H44N4O7. The summed E-state index contributed by atoms with van der Waals surface area (Å²) >= 11 is 0. The highest BCUT2D eigenvalue weighted by Crippen LogP contribution is 2.53. The van der Waals surface area contributed by atoms with Crippen molar-refractivity contribution in [3.8, 4) is 11.1 Å². The maximum Gasteiger partial charge on any atom is 0.335 e. The van der Waals surface area contributed by atoms with Gasteiger partial charge >= 0.3 is 11.9 Å². The summed E-state index contributed by atoms with van der Waals surface area (Å²) in [7, 11) is 1.35. The van der Waals surface area contributed by atoms with Crippen molar-refractivity contribution in [2.45, 2.75) is 77.0 Å². The number of fused-ring (bicyclic) bond motifs is 3. The average molecular weight is 621 g/mol. The van der Waals surface area contributed by atoms with Crippen LogP contribution in [0.15, 0.2) is 48.5 Å². The van der Waals surface area contributed by atoms with Gasteiger partial charge in [-0.05, 0) is 59.8 Å². The molecule has 4 N–H and O–H groups in total. The normalized spacial score (nSPS) is 18.1. The van der Waals surface area contributed by atoms with Crippen LogP contribution in [0, 0.1) is 11.8 Å². The summed E-state index contributed by atoms with van der Waals surface area (Å²) in [5.74, 6) is -3.13. The molecule has 3 amide bonds. The Morgan fingerprint density at radius 1 is 0.889 bits per heavy atom. The minimum Gasteiger partial charge on any atom is -0.480 e. The number of rotatable bonds is 13. The first-order valence-corrected chi connectivity index (χ1v) is 15.6. The smallest absolute Gasteiger partial charge is 0.335 e. The molecule has 2 aliphatic rings. The predicted molar refractivity (Wildman–Crippen MR) is 168 cm³/mol. The molecule has 0 unspecified atom stereocenters. The number of hydrogen-bond acceptors (Lipinski definition) is 7. The number of benzene rings is 2. The fourth-order valence-corrected chi connectivity index (χ4v) is 6.65. The van der Waals surface area contributed by atoms with Gasteiger partial charge in [0.25, 0.3) is 0 Å². The van der Waals surface area contributed by atoms with Crippen LogP contribution in [-0.4, -0.2) is 78.0 Å². The molecule has 1 saturated heterocycles. The van der Waals surface area contributed by atoms with Gasteiger partial charge in [-0.15, -0.1) is 0 Å². The highest BCUT2D eigenvalue weighted by Gasteiger charge is 2.58. The third-order valence-corrected chi connectivity index (χ3v) is 8.49. The number of esters is 1. The molecule has 0 saturated carbocycles. The maximum absolute atomic E-state index is 14.0. The zero-order valence-corrected chi connectivity index (χ0v) is 26.6. The van der Waals surface area contributed by atoms with E-state index >= 15 is 0 Å². The standard InChI is InChI=1S/C34H44N4O7/c1-20(2)17-26(30(40)35-19-29(39)36-27(32(42)43)18-21(3)4)37-31(41)28-15-10-16-38(28)34(33(44)45-5)24-13-8-6-11-22(24)23-12-7-9-14-25(23)34/h6-9,11-14,20-21,26-28H,10,15-19H2,1-5H3,(H,35,40)(H,36,39)(H,37,41)(H,42,43)/t26-,27-,28-/m0/s1. The Hall–Kier alpha value is -4.25. The second kappa shape index (κ2) is 14.2. The van der Waals surface area contributed by atoms with Crippen molar-refractivity contribution in [3.63, 3.8) is 0 Å². The lowest BCUT2D eigenvalue weighted by Gasteiger charge is -2.41. The van der Waals surface area contributed by atoms with Crippen LogP contribution in [0.1, 0.15) is 64.5 Å². The Balaban J connectivity index is 1.56. The molecule has 0 bridgehead atoms. The minimum absolute atomic E-state index is 0.0342. The first-order chi connectivity index (χ1) is 21.4. The van der Waals surface area contributed by atoms with Crippen LogP contribution >= 0.6 is 0 Å². The summed E-state index contributed by atoms with van der Waals surface area (Å²) in [5, 5.41) is 17.4. The van der Waals surface area contributed by atoms with Crippen LogP contribution in [-0.2, 0) is 34.2 Å². The predicted octanol–water partition coefficient (Wildman–Crippen LogP) is 2.81. The fraction of sp³-hybridized carbons (Fsp3) is 0.500. The lowest BCUT2D eigenvalue weighted by Crippen LogP contribution is -2.59. The SMILES string of the molecule is COC(=O)C1(N2CCC[C@H]2C(=O)N[C@@H](CC(C)C)C(=O)NCC(=O)N[C@@H](CC(C)C)C(=O)O)c2ccccc2-c2ccccc21. The quantitative estimate of drug-likeness (QED) is 0.249. The second-order valence-corrected chi connectivity index (χ2v) is 12.6. The Kier molecular flexibility index (Phi) is 10.6. The zero-order chi connectivity index (χ0) is 32.9. The van der Waals surface area contributed by atoms with E-state index in [4.69, 9.17) is 4.74 Å². The van der Waals surface area contributed by atoms with Crippen LogP contribution in [0.5, 0.6) is 0 Å². The summed E-state index contributed by atoms with van der Waals surface area (Å²) < 4.78 is 5.43. The largest absolute Gasteiger partial charge is 0.480 e. The van der Waals surface area contributed by atoms with Crippen molar-refractivity contribution in [2.75, 3.05) is 20.2 Å². The molecular weight excluding hydrogens is 576 g/mol. The number of nitrogens with one attached hydrogen (secondary N) is 3. The van der Waals surface area contributed by atoms with Gasteiger partial charge in [0.05, 0.1) is 19.7 Å². The average Bonchev–Trinajstić information content (AvgIpc) is 3.60. The highest BCUT2D eigenvalue weighted by atomic mass is 16.5. The summed E-state index contributed by atoms with van der Waals surface area (Å²) in [6.45, 7) is 7.57. The van der Waals surface area contributed by atoms with E-state index in [1.165, 1.54) is 7.11 Å². The number of methoxy groups -OCH3 is 1. The molecule has 1 aliphatic heterocycles. The number of ether oxygens (including phenoxy) is 1. The highest BCUT2D eigenvalue weighted by molar-refractivity contribution is 5.99. The number of likely N-dealkylation sites (tertiary alicyclic amines) is 1. The van der Waals surface area contributed by atoms with Gasteiger partial charge < -0.3 is 25.8 Å². The van der Waals surface area contributed by atoms with E-state index in [0.29, 0.717) is 25.8 Å². The lowest BCUT2D eigenvalue weighted by molar-refractivity contribution is -0.155. The van der Waals surface area contributed by atoms with E-state index in [1.807, 2.05) is 81.1 Å². The molecule has 0 aromatic heterocycles. The molecule has 3 atom stereocenters. The summed E-state index contributed by atoms with van der Waals surface area (Å²) in [6.07, 6.45) is 1.69. The van der Waals surface area contributed by atoms with E-state index in [1.54, 1.807) is 0 Å². The third kappa shape index (κ3) is 6.88. The van der Waals surface area contributed by atoms with Crippen molar-refractivity contribution in [2.24, 2.45) is 11.8 Å². The van der Waals surface area contributed by atoms with Crippen LogP contribution in [0.2, 0.25) is 0 Å². The number of amides is 3. The number of carboxylic acid groups (broad SMARTS) is 1. The first-order valence-electron chi connectivity index (χ1n) is 15.6. The molecule has 1 aliphatic carbocycles. The van der Waals surface area contributed by atoms with E-state index in [2.05, 4.69) is 16.0 Å². The van der Waals surface area contributed by atoms with E-state index in [0.717, 1.165) is 22.3 Å². The molecule has 45 heavy (non-hydrogen) atoms. The van der Waals surface area contributed by atoms with Crippen molar-refractivity contribution >= 4 is 29.7 Å². The zero-order valence-electron chi connectivity index (χ0n) is 26.6. The van der Waals surface area contributed by atoms with Gasteiger partial charge in [0.1, 0.15) is 12.1 Å². The van der Waals surface area contributed by atoms with Gasteiger partial charge in [0.2, 0.25) is 17.7 Å². The lowest BCUT2D eigenvalue weighted by atomic mass is 9.84. The van der Waals surface area contributed by atoms with Crippen LogP contribution in [0.4, 0.5) is 0 Å². The van der Waals surface area contributed by atoms with Gasteiger partial charge in [0.15, 0.2) is 5.54 Å². The third-order valence-electron chi connectivity index (χ3n) is 8.49. The van der Waals surface area contributed by atoms with Gasteiger partial charge in [-0.1, -0.05) is 76.2 Å². The molecule has 4 rings (SSSR count). The summed E-state index contributed by atoms with van der Waals surface area (Å²) in [5.41, 5.74) is 1.96. The topological polar surface area (TPSA) is 154 Å². The Morgan fingerprint density at radius 3 is 1.98 bits per heavy atom. The fourth-order valence-electron chi connectivity index (χ4n) is 6.65. The Bertz CT molecular complexity index is 1390. The molecule has 0 spiro atoms. The van der Waals surface area contributed by atoms with Crippen LogP contribution in [0.3, 0.4) is 0 Å². The minimum atomic E-state index is -1.34. The van der Waals surface area contributed by atoms with Crippen molar-refractivity contribution < 1.29 is 33.8 Å². The number of aliphatic carboxylic acids is 1. The number of nitrogens with zero attached hydrogens (tertiary/aromatic N) is 1. The molecule has 11 heteroatoms. The van der Waals surface area contributed by atoms with Gasteiger partial charge in [-0.2, -0.15) is 0 Å². The van der Waals surface area contributed by atoms with Gasteiger partial charge in [0, 0.05) is 6.54 Å². The Labute approximate surface area is 264 Å². The van der Waals surface area contributed by atoms with E-state index in [-0.39, 0.29) is 18.3 Å². The van der Waals surface area contributed by atoms with E-state index in [9.17, 15) is 29.1 Å². The number of carboxylic acids is 1. The van der Waals surface area contributed by atoms with Crippen molar-refractivity contribution in [1.82, 2.24) is 20.9 Å². The molecule has 1 heterocycles. The number of carbonyl (C=O) groups is 5. The monoisotopic (exact) mass is 620 g/mol. The molecule has 2 aromatic carbocycles. The van der Waals surface area contributed by atoms with Crippen molar-refractivity contribution in [1.29, 1.82) is 0 Å². The maximum atomic E-state index is 14.0. The van der Waals surface area contributed by atoms with E-state index < -0.39 is 59.9 Å². The molecule has 2 aromatic rings.